The van der Waals surface area contributed by atoms with Gasteiger partial charge < -0.3 is 15.2 Å². The number of carboxylic acid groups (broad SMARTS) is 1. The number of aromatic nitrogens is 3. The number of aryl methyl sites for hydroxylation is 2. The molecular formula is C15H17ClN4O4. The van der Waals surface area contributed by atoms with E-state index in [0.717, 1.165) is 11.1 Å². The van der Waals surface area contributed by atoms with Crippen LogP contribution in [0.5, 0.6) is 5.75 Å². The van der Waals surface area contributed by atoms with Gasteiger partial charge in [0.25, 0.3) is 5.91 Å². The van der Waals surface area contributed by atoms with Crippen molar-refractivity contribution in [2.24, 2.45) is 0 Å². The number of hydrogen-bond acceptors (Lipinski definition) is 5. The second kappa shape index (κ2) is 7.78. The van der Waals surface area contributed by atoms with Crippen LogP contribution in [0.1, 0.15) is 16.8 Å². The van der Waals surface area contributed by atoms with Crippen molar-refractivity contribution in [1.29, 1.82) is 0 Å². The first kappa shape index (κ1) is 17.7. The number of nitrogens with one attached hydrogen (secondary N) is 1. The van der Waals surface area contributed by atoms with E-state index in [4.69, 9.17) is 21.4 Å². The lowest BCUT2D eigenvalue weighted by Gasteiger charge is -2.10. The van der Waals surface area contributed by atoms with E-state index in [-0.39, 0.29) is 25.6 Å². The van der Waals surface area contributed by atoms with Crippen LogP contribution in [0.2, 0.25) is 5.02 Å². The van der Waals surface area contributed by atoms with Gasteiger partial charge in [0.2, 0.25) is 0 Å². The van der Waals surface area contributed by atoms with Gasteiger partial charge in [0.15, 0.2) is 6.61 Å². The highest BCUT2D eigenvalue weighted by atomic mass is 35.5. The standard InChI is InChI=1S/C15H17ClN4O4/c1-9-3-12(4-10(2)15(9)16)24-8-13(21)17-5-11-6-20(19-18-11)7-14(22)23/h3-4,6H,5,7-8H2,1-2H3,(H,17,21)(H,22,23). The van der Waals surface area contributed by atoms with Gasteiger partial charge in [0, 0.05) is 5.02 Å². The Labute approximate surface area is 143 Å². The molecule has 0 unspecified atom stereocenters. The molecule has 2 aromatic rings. The Morgan fingerprint density at radius 3 is 2.62 bits per heavy atom. The average molecular weight is 353 g/mol. The summed E-state index contributed by atoms with van der Waals surface area (Å²) in [6, 6.07) is 3.53. The molecule has 0 saturated carbocycles. The number of amides is 1. The third kappa shape index (κ3) is 4.95. The Balaban J connectivity index is 1.81. The van der Waals surface area contributed by atoms with Crippen LogP contribution in [0.4, 0.5) is 0 Å². The van der Waals surface area contributed by atoms with E-state index in [2.05, 4.69) is 15.6 Å². The molecule has 8 nitrogen and oxygen atoms in total. The number of halogens is 1. The van der Waals surface area contributed by atoms with Gasteiger partial charge >= 0.3 is 5.97 Å². The summed E-state index contributed by atoms with van der Waals surface area (Å²) in [6.07, 6.45) is 1.46. The number of ether oxygens (including phenoxy) is 1. The highest BCUT2D eigenvalue weighted by molar-refractivity contribution is 6.32. The number of hydrogen-bond donors (Lipinski definition) is 2. The topological polar surface area (TPSA) is 106 Å². The summed E-state index contributed by atoms with van der Waals surface area (Å²) in [6.45, 7) is 3.44. The molecule has 9 heteroatoms. The first-order chi connectivity index (χ1) is 11.3. The second-order valence-electron chi connectivity index (χ2n) is 5.24. The zero-order valence-corrected chi connectivity index (χ0v) is 14.0. The number of benzene rings is 1. The van der Waals surface area contributed by atoms with E-state index in [1.165, 1.54) is 10.9 Å². The predicted molar refractivity (Wildman–Crippen MR) is 85.9 cm³/mol. The van der Waals surface area contributed by atoms with Crippen molar-refractivity contribution < 1.29 is 19.4 Å². The Morgan fingerprint density at radius 1 is 1.33 bits per heavy atom. The molecule has 0 aliphatic heterocycles. The minimum absolute atomic E-state index is 0.139. The van der Waals surface area contributed by atoms with Crippen LogP contribution in [-0.4, -0.2) is 38.6 Å². The van der Waals surface area contributed by atoms with Crippen LogP contribution >= 0.6 is 11.6 Å². The predicted octanol–water partition coefficient (Wildman–Crippen LogP) is 1.33. The zero-order chi connectivity index (χ0) is 17.7. The smallest absolute Gasteiger partial charge is 0.325 e. The number of carbonyl (C=O) groups excluding carboxylic acids is 1. The SMILES string of the molecule is Cc1cc(OCC(=O)NCc2cn(CC(=O)O)nn2)cc(C)c1Cl. The van der Waals surface area contributed by atoms with Crippen molar-refractivity contribution in [3.63, 3.8) is 0 Å². The number of nitrogens with zero attached hydrogens (tertiary/aromatic N) is 3. The molecule has 1 aromatic heterocycles. The van der Waals surface area contributed by atoms with E-state index in [9.17, 15) is 9.59 Å². The average Bonchev–Trinajstić information content (AvgIpc) is 2.95. The van der Waals surface area contributed by atoms with Gasteiger partial charge in [-0.25, -0.2) is 4.68 Å². The largest absolute Gasteiger partial charge is 0.484 e. The molecule has 0 aliphatic rings. The van der Waals surface area contributed by atoms with Gasteiger partial charge in [-0.1, -0.05) is 16.8 Å². The van der Waals surface area contributed by atoms with Gasteiger partial charge in [-0.3, -0.25) is 9.59 Å². The molecule has 1 heterocycles. The molecule has 1 aromatic carbocycles. The third-order valence-corrected chi connectivity index (χ3v) is 3.73. The fourth-order valence-electron chi connectivity index (χ4n) is 2.01. The summed E-state index contributed by atoms with van der Waals surface area (Å²) < 4.78 is 6.62. The second-order valence-corrected chi connectivity index (χ2v) is 5.62. The van der Waals surface area contributed by atoms with Crippen LogP contribution < -0.4 is 10.1 Å². The molecule has 0 radical (unpaired) electrons. The van der Waals surface area contributed by atoms with Crippen molar-refractivity contribution >= 4 is 23.5 Å². The van der Waals surface area contributed by atoms with Crippen LogP contribution in [-0.2, 0) is 22.7 Å². The molecule has 0 saturated heterocycles. The highest BCUT2D eigenvalue weighted by Crippen LogP contribution is 2.25. The van der Waals surface area contributed by atoms with Crippen molar-refractivity contribution in [2.45, 2.75) is 26.9 Å². The normalized spacial score (nSPS) is 10.5. The fraction of sp³-hybridized carbons (Fsp3) is 0.333. The summed E-state index contributed by atoms with van der Waals surface area (Å²) in [7, 11) is 0. The first-order valence-corrected chi connectivity index (χ1v) is 7.50. The fourth-order valence-corrected chi connectivity index (χ4v) is 2.12. The lowest BCUT2D eigenvalue weighted by Crippen LogP contribution is -2.28. The molecular weight excluding hydrogens is 336 g/mol. The van der Waals surface area contributed by atoms with Crippen molar-refractivity contribution in [3.8, 4) is 5.75 Å². The van der Waals surface area contributed by atoms with Crippen LogP contribution in [0.15, 0.2) is 18.3 Å². The number of aliphatic carboxylic acids is 1. The molecule has 128 valence electrons. The Morgan fingerprint density at radius 2 is 2.00 bits per heavy atom. The summed E-state index contributed by atoms with van der Waals surface area (Å²) in [5, 5.41) is 19.4. The van der Waals surface area contributed by atoms with Crippen LogP contribution in [0.25, 0.3) is 0 Å². The van der Waals surface area contributed by atoms with Gasteiger partial charge in [0.1, 0.15) is 18.0 Å². The van der Waals surface area contributed by atoms with Crippen LogP contribution in [0, 0.1) is 13.8 Å². The van der Waals surface area contributed by atoms with Gasteiger partial charge in [0.05, 0.1) is 12.7 Å². The van der Waals surface area contributed by atoms with Gasteiger partial charge in [-0.2, -0.15) is 0 Å². The molecule has 0 spiro atoms. The monoisotopic (exact) mass is 352 g/mol. The quantitative estimate of drug-likeness (QED) is 0.778. The number of rotatable bonds is 7. The Kier molecular flexibility index (Phi) is 5.75. The maximum absolute atomic E-state index is 11.8. The van der Waals surface area contributed by atoms with E-state index >= 15 is 0 Å². The minimum atomic E-state index is -1.02. The molecule has 2 rings (SSSR count). The third-order valence-electron chi connectivity index (χ3n) is 3.13. The Bertz CT molecular complexity index is 737. The molecule has 1 amide bonds. The van der Waals surface area contributed by atoms with Crippen molar-refractivity contribution in [2.75, 3.05) is 6.61 Å². The maximum atomic E-state index is 11.8. The Hall–Kier alpha value is -2.61. The zero-order valence-electron chi connectivity index (χ0n) is 13.2. The number of carboxylic acids is 1. The van der Waals surface area contributed by atoms with Crippen molar-refractivity contribution in [1.82, 2.24) is 20.3 Å². The van der Waals surface area contributed by atoms with Gasteiger partial charge in [-0.05, 0) is 37.1 Å². The van der Waals surface area contributed by atoms with Crippen LogP contribution in [0.3, 0.4) is 0 Å². The molecule has 0 atom stereocenters. The molecule has 24 heavy (non-hydrogen) atoms. The lowest BCUT2D eigenvalue weighted by atomic mass is 10.1. The first-order valence-electron chi connectivity index (χ1n) is 7.12. The van der Waals surface area contributed by atoms with E-state index in [1.54, 1.807) is 12.1 Å². The highest BCUT2D eigenvalue weighted by Gasteiger charge is 2.08. The molecule has 0 fully saturated rings. The van der Waals surface area contributed by atoms with E-state index in [1.807, 2.05) is 13.8 Å². The van der Waals surface area contributed by atoms with E-state index < -0.39 is 5.97 Å². The molecule has 0 aliphatic carbocycles. The van der Waals surface area contributed by atoms with Crippen molar-refractivity contribution in [3.05, 3.63) is 40.2 Å². The van der Waals surface area contributed by atoms with E-state index in [0.29, 0.717) is 16.5 Å². The summed E-state index contributed by atoms with van der Waals surface area (Å²) >= 11 is 6.08. The lowest BCUT2D eigenvalue weighted by molar-refractivity contribution is -0.138. The molecule has 2 N–H and O–H groups in total. The molecule has 0 bridgehead atoms. The minimum Gasteiger partial charge on any atom is -0.484 e. The number of carbonyl (C=O) groups is 2. The summed E-state index contributed by atoms with van der Waals surface area (Å²) in [5.41, 5.74) is 2.21. The van der Waals surface area contributed by atoms with Gasteiger partial charge in [-0.15, -0.1) is 5.10 Å². The maximum Gasteiger partial charge on any atom is 0.325 e. The summed E-state index contributed by atoms with van der Waals surface area (Å²) in [5.74, 6) is -0.776. The summed E-state index contributed by atoms with van der Waals surface area (Å²) in [4.78, 5) is 22.3.